The molecule has 190 valence electrons. The lowest BCUT2D eigenvalue weighted by Crippen LogP contribution is -2.49. The van der Waals surface area contributed by atoms with Gasteiger partial charge in [0.05, 0.1) is 17.7 Å². The van der Waals surface area contributed by atoms with Gasteiger partial charge in [0.1, 0.15) is 17.2 Å². The minimum absolute atomic E-state index is 0.302. The lowest BCUT2D eigenvalue weighted by Gasteiger charge is -2.28. The van der Waals surface area contributed by atoms with E-state index in [0.717, 1.165) is 16.5 Å². The second kappa shape index (κ2) is 10.7. The molecular weight excluding hydrogens is 456 g/mol. The fourth-order valence-corrected chi connectivity index (χ4v) is 3.76. The number of benzene rings is 2. The normalized spacial score (nSPS) is 13.4. The molecule has 3 aromatic rings. The van der Waals surface area contributed by atoms with E-state index in [1.807, 2.05) is 30.5 Å². The Kier molecular flexibility index (Phi) is 7.93. The van der Waals surface area contributed by atoms with Crippen LogP contribution in [-0.4, -0.2) is 40.3 Å². The summed E-state index contributed by atoms with van der Waals surface area (Å²) >= 11 is 0. The van der Waals surface area contributed by atoms with Crippen molar-refractivity contribution >= 4 is 28.7 Å². The van der Waals surface area contributed by atoms with Gasteiger partial charge < -0.3 is 25.1 Å². The highest BCUT2D eigenvalue weighted by Crippen LogP contribution is 2.24. The van der Waals surface area contributed by atoms with E-state index in [0.29, 0.717) is 17.7 Å². The molecular formula is C28H34N4O4. The van der Waals surface area contributed by atoms with Crippen LogP contribution in [0.1, 0.15) is 57.5 Å². The second-order valence-electron chi connectivity index (χ2n) is 10.6. The van der Waals surface area contributed by atoms with Crippen molar-refractivity contribution in [1.29, 1.82) is 5.26 Å². The number of para-hydroxylation sites is 2. The minimum Gasteiger partial charge on any atom is -0.456 e. The predicted molar refractivity (Wildman–Crippen MR) is 140 cm³/mol. The third-order valence-electron chi connectivity index (χ3n) is 5.22. The van der Waals surface area contributed by atoms with E-state index >= 15 is 0 Å². The highest BCUT2D eigenvalue weighted by Gasteiger charge is 2.29. The van der Waals surface area contributed by atoms with Crippen molar-refractivity contribution in [3.05, 3.63) is 65.9 Å². The smallest absolute Gasteiger partial charge is 0.407 e. The molecule has 8 heteroatoms. The Morgan fingerprint density at radius 1 is 0.972 bits per heavy atom. The first kappa shape index (κ1) is 26.6. The van der Waals surface area contributed by atoms with Crippen LogP contribution in [0, 0.1) is 11.3 Å². The van der Waals surface area contributed by atoms with Gasteiger partial charge >= 0.3 is 12.1 Å². The number of hydrogen-bond donors (Lipinski definition) is 3. The summed E-state index contributed by atoms with van der Waals surface area (Å²) in [5, 5.41) is 17.1. The molecule has 0 bridgehead atoms. The molecule has 0 spiro atoms. The quantitative estimate of drug-likeness (QED) is 0.373. The number of H-pyrrole nitrogens is 1. The van der Waals surface area contributed by atoms with Gasteiger partial charge in [-0.05, 0) is 71.7 Å². The average Bonchev–Trinajstić information content (AvgIpc) is 3.17. The Morgan fingerprint density at radius 3 is 2.28 bits per heavy atom. The topological polar surface area (TPSA) is 116 Å². The van der Waals surface area contributed by atoms with Gasteiger partial charge in [-0.25, -0.2) is 9.59 Å². The van der Waals surface area contributed by atoms with Crippen LogP contribution in [0.15, 0.2) is 54.7 Å². The van der Waals surface area contributed by atoms with Crippen LogP contribution in [-0.2, 0) is 15.9 Å². The maximum Gasteiger partial charge on any atom is 0.407 e. The van der Waals surface area contributed by atoms with Gasteiger partial charge in [0.15, 0.2) is 0 Å². The first-order valence-electron chi connectivity index (χ1n) is 11.9. The number of alkyl carbamates (subject to hydrolysis) is 1. The number of anilines is 1. The fourth-order valence-electron chi connectivity index (χ4n) is 3.76. The molecule has 1 aromatic heterocycles. The Labute approximate surface area is 212 Å². The van der Waals surface area contributed by atoms with Gasteiger partial charge in [0, 0.05) is 22.8 Å². The van der Waals surface area contributed by atoms with Gasteiger partial charge in [-0.15, -0.1) is 0 Å². The van der Waals surface area contributed by atoms with Gasteiger partial charge in [0.2, 0.25) is 0 Å². The minimum atomic E-state index is -0.880. The SMILES string of the molecule is CC(C)(C)OC(=O)NC(Cc1c[nH]c2ccccc12)C(C#N)Nc1ccccc1C(=O)OC(C)(C)C. The maximum absolute atomic E-state index is 12.8. The second-order valence-corrected chi connectivity index (χ2v) is 10.6. The molecule has 8 nitrogen and oxygen atoms in total. The molecule has 0 aliphatic rings. The molecule has 1 amide bonds. The van der Waals surface area contributed by atoms with Crippen LogP contribution in [0.2, 0.25) is 0 Å². The predicted octanol–water partition coefficient (Wildman–Crippen LogP) is 5.56. The fraction of sp³-hybridized carbons (Fsp3) is 0.393. The first-order chi connectivity index (χ1) is 16.9. The van der Waals surface area contributed by atoms with Crippen LogP contribution in [0.4, 0.5) is 10.5 Å². The Bertz CT molecular complexity index is 1260. The van der Waals surface area contributed by atoms with E-state index < -0.39 is 35.3 Å². The van der Waals surface area contributed by atoms with E-state index in [-0.39, 0.29) is 0 Å². The van der Waals surface area contributed by atoms with Crippen molar-refractivity contribution in [2.45, 2.75) is 71.2 Å². The molecule has 36 heavy (non-hydrogen) atoms. The summed E-state index contributed by atoms with van der Waals surface area (Å²) in [5.41, 5.74) is 1.27. The van der Waals surface area contributed by atoms with Crippen molar-refractivity contribution in [2.24, 2.45) is 0 Å². The standard InChI is InChI=1S/C28H34N4O4/c1-27(2,3)35-25(33)20-12-8-10-14-22(20)31-24(16-29)23(32-26(34)36-28(4,5)6)15-18-17-30-21-13-9-7-11-19(18)21/h7-14,17,23-24,30-31H,15H2,1-6H3,(H,32,34). The number of nitrogens with zero attached hydrogens (tertiary/aromatic N) is 1. The number of carbonyl (C=O) groups is 2. The molecule has 3 N–H and O–H groups in total. The highest BCUT2D eigenvalue weighted by molar-refractivity contribution is 5.96. The van der Waals surface area contributed by atoms with Crippen LogP contribution >= 0.6 is 0 Å². The lowest BCUT2D eigenvalue weighted by atomic mass is 9.99. The molecule has 2 atom stereocenters. The molecule has 0 saturated carbocycles. The number of ether oxygens (including phenoxy) is 2. The van der Waals surface area contributed by atoms with Gasteiger partial charge in [0.25, 0.3) is 0 Å². The molecule has 0 aliphatic heterocycles. The van der Waals surface area contributed by atoms with Crippen LogP contribution in [0.5, 0.6) is 0 Å². The summed E-state index contributed by atoms with van der Waals surface area (Å²) in [6.45, 7) is 10.7. The number of esters is 1. The number of carbonyl (C=O) groups excluding carboxylic acids is 2. The summed E-state index contributed by atoms with van der Waals surface area (Å²) in [5.74, 6) is -0.504. The van der Waals surface area contributed by atoms with Crippen molar-refractivity contribution in [3.63, 3.8) is 0 Å². The van der Waals surface area contributed by atoms with Crippen molar-refractivity contribution in [2.75, 3.05) is 5.32 Å². The number of amides is 1. The van der Waals surface area contributed by atoms with Gasteiger partial charge in [-0.1, -0.05) is 30.3 Å². The summed E-state index contributed by atoms with van der Waals surface area (Å²) in [6.07, 6.45) is 1.59. The summed E-state index contributed by atoms with van der Waals surface area (Å²) in [4.78, 5) is 28.8. The van der Waals surface area contributed by atoms with E-state index in [4.69, 9.17) is 9.47 Å². The maximum atomic E-state index is 12.8. The zero-order valence-corrected chi connectivity index (χ0v) is 21.6. The van der Waals surface area contributed by atoms with E-state index in [1.165, 1.54) is 0 Å². The van der Waals surface area contributed by atoms with Crippen molar-refractivity contribution in [1.82, 2.24) is 10.3 Å². The number of aromatic amines is 1. The Balaban J connectivity index is 1.92. The van der Waals surface area contributed by atoms with E-state index in [1.54, 1.807) is 65.8 Å². The van der Waals surface area contributed by atoms with Crippen molar-refractivity contribution in [3.8, 4) is 6.07 Å². The number of rotatable bonds is 7. The van der Waals surface area contributed by atoms with Gasteiger partial charge in [-0.2, -0.15) is 5.26 Å². The highest BCUT2D eigenvalue weighted by atomic mass is 16.6. The third-order valence-corrected chi connectivity index (χ3v) is 5.22. The van der Waals surface area contributed by atoms with E-state index in [2.05, 4.69) is 21.7 Å². The summed E-state index contributed by atoms with van der Waals surface area (Å²) in [6, 6.07) is 15.4. The molecule has 1 heterocycles. The monoisotopic (exact) mass is 490 g/mol. The zero-order chi connectivity index (χ0) is 26.5. The number of fused-ring (bicyclic) bond motifs is 1. The number of hydrogen-bond acceptors (Lipinski definition) is 6. The molecule has 0 saturated heterocycles. The molecule has 0 aliphatic carbocycles. The Morgan fingerprint density at radius 2 is 1.61 bits per heavy atom. The van der Waals surface area contributed by atoms with Crippen LogP contribution in [0.3, 0.4) is 0 Å². The van der Waals surface area contributed by atoms with E-state index in [9.17, 15) is 14.9 Å². The molecule has 2 aromatic carbocycles. The van der Waals surface area contributed by atoms with Gasteiger partial charge in [-0.3, -0.25) is 0 Å². The molecule has 0 fully saturated rings. The number of aromatic nitrogens is 1. The third kappa shape index (κ3) is 7.25. The average molecular weight is 491 g/mol. The largest absolute Gasteiger partial charge is 0.456 e. The molecule has 0 radical (unpaired) electrons. The zero-order valence-electron chi connectivity index (χ0n) is 21.6. The number of nitrogens with one attached hydrogen (secondary N) is 3. The van der Waals surface area contributed by atoms with Crippen LogP contribution < -0.4 is 10.6 Å². The first-order valence-corrected chi connectivity index (χ1v) is 11.9. The van der Waals surface area contributed by atoms with Crippen molar-refractivity contribution < 1.29 is 19.1 Å². The number of nitriles is 1. The Hall–Kier alpha value is -3.99. The summed E-state index contributed by atoms with van der Waals surface area (Å²) < 4.78 is 11.0. The van der Waals surface area contributed by atoms with Crippen LogP contribution in [0.25, 0.3) is 10.9 Å². The molecule has 3 rings (SSSR count). The molecule has 2 unspecified atom stereocenters. The lowest BCUT2D eigenvalue weighted by molar-refractivity contribution is 0.00701. The summed E-state index contributed by atoms with van der Waals surface area (Å²) in [7, 11) is 0.